The molecule has 0 unspecified atom stereocenters. The van der Waals surface area contributed by atoms with Crippen LogP contribution in [0.2, 0.25) is 0 Å². The third-order valence-corrected chi connectivity index (χ3v) is 5.64. The summed E-state index contributed by atoms with van der Waals surface area (Å²) in [5.74, 6) is 1.15. The Morgan fingerprint density at radius 3 is 2.50 bits per heavy atom. The van der Waals surface area contributed by atoms with Crippen LogP contribution in [-0.4, -0.2) is 11.1 Å². The van der Waals surface area contributed by atoms with Gasteiger partial charge in [0.1, 0.15) is 5.78 Å². The van der Waals surface area contributed by atoms with Crippen molar-refractivity contribution in [1.29, 1.82) is 0 Å². The Labute approximate surface area is 82.0 Å². The SMILES string of the molecule is C[C@@]12CC[C@H](CC1=O)[C@@]2(C)CBr. The summed E-state index contributed by atoms with van der Waals surface area (Å²) < 4.78 is 0. The van der Waals surface area contributed by atoms with E-state index in [0.29, 0.717) is 11.7 Å². The molecule has 0 aromatic rings. The van der Waals surface area contributed by atoms with E-state index in [-0.39, 0.29) is 10.8 Å². The number of carbonyl (C=O) groups excluding carboxylic acids is 1. The monoisotopic (exact) mass is 230 g/mol. The molecule has 2 aliphatic rings. The highest BCUT2D eigenvalue weighted by Crippen LogP contribution is 2.64. The number of alkyl halides is 1. The zero-order chi connectivity index (χ0) is 8.98. The molecule has 2 bridgehead atoms. The summed E-state index contributed by atoms with van der Waals surface area (Å²) in [6, 6.07) is 0. The normalized spacial score (nSPS) is 51.9. The van der Waals surface area contributed by atoms with Gasteiger partial charge in [0.15, 0.2) is 0 Å². The number of ketones is 1. The quantitative estimate of drug-likeness (QED) is 0.634. The summed E-state index contributed by atoms with van der Waals surface area (Å²) in [4.78, 5) is 11.7. The van der Waals surface area contributed by atoms with Gasteiger partial charge in [-0.1, -0.05) is 29.8 Å². The molecule has 0 saturated heterocycles. The Hall–Kier alpha value is 0.150. The van der Waals surface area contributed by atoms with E-state index >= 15 is 0 Å². The smallest absolute Gasteiger partial charge is 0.139 e. The third-order valence-electron chi connectivity index (χ3n) is 4.48. The van der Waals surface area contributed by atoms with E-state index in [1.807, 2.05) is 0 Å². The fraction of sp³-hybridized carbons (Fsp3) is 0.900. The minimum Gasteiger partial charge on any atom is -0.299 e. The molecule has 0 aliphatic heterocycles. The van der Waals surface area contributed by atoms with E-state index in [9.17, 15) is 4.79 Å². The molecular formula is C10H15BrO. The van der Waals surface area contributed by atoms with Crippen LogP contribution in [0.5, 0.6) is 0 Å². The predicted octanol–water partition coefficient (Wildman–Crippen LogP) is 2.78. The van der Waals surface area contributed by atoms with E-state index in [4.69, 9.17) is 0 Å². The van der Waals surface area contributed by atoms with Crippen LogP contribution in [0.1, 0.15) is 33.1 Å². The van der Waals surface area contributed by atoms with Gasteiger partial charge in [-0.3, -0.25) is 4.79 Å². The molecular weight excluding hydrogens is 216 g/mol. The van der Waals surface area contributed by atoms with Gasteiger partial charge in [0.2, 0.25) is 0 Å². The topological polar surface area (TPSA) is 17.1 Å². The van der Waals surface area contributed by atoms with E-state index in [1.165, 1.54) is 6.42 Å². The van der Waals surface area contributed by atoms with Gasteiger partial charge in [-0.15, -0.1) is 0 Å². The van der Waals surface area contributed by atoms with Gasteiger partial charge >= 0.3 is 0 Å². The zero-order valence-corrected chi connectivity index (χ0v) is 9.28. The second-order valence-electron chi connectivity index (χ2n) is 4.75. The fourth-order valence-corrected chi connectivity index (χ4v) is 4.09. The minimum atomic E-state index is -0.0127. The molecule has 2 saturated carbocycles. The first-order valence-electron chi connectivity index (χ1n) is 4.64. The lowest BCUT2D eigenvalue weighted by Gasteiger charge is -2.34. The maximum absolute atomic E-state index is 11.7. The lowest BCUT2D eigenvalue weighted by Crippen LogP contribution is -2.36. The summed E-state index contributed by atoms with van der Waals surface area (Å²) in [5, 5.41) is 0.979. The summed E-state index contributed by atoms with van der Waals surface area (Å²) in [6.07, 6.45) is 3.20. The van der Waals surface area contributed by atoms with Gasteiger partial charge in [-0.2, -0.15) is 0 Å². The van der Waals surface area contributed by atoms with E-state index in [2.05, 4.69) is 29.8 Å². The van der Waals surface area contributed by atoms with Gasteiger partial charge in [0.25, 0.3) is 0 Å². The summed E-state index contributed by atoms with van der Waals surface area (Å²) in [7, 11) is 0. The first-order valence-corrected chi connectivity index (χ1v) is 5.76. The number of Topliss-reactive ketones (excluding diaryl/α,β-unsaturated/α-hetero) is 1. The maximum atomic E-state index is 11.7. The Morgan fingerprint density at radius 2 is 2.25 bits per heavy atom. The molecule has 68 valence electrons. The number of hydrogen-bond donors (Lipinski definition) is 0. The second-order valence-corrected chi connectivity index (χ2v) is 5.31. The molecule has 0 aromatic carbocycles. The number of rotatable bonds is 1. The molecule has 0 spiro atoms. The van der Waals surface area contributed by atoms with Gasteiger partial charge in [0.05, 0.1) is 0 Å². The third kappa shape index (κ3) is 0.729. The largest absolute Gasteiger partial charge is 0.299 e. The molecule has 2 aliphatic carbocycles. The van der Waals surface area contributed by atoms with Crippen LogP contribution in [0, 0.1) is 16.7 Å². The molecule has 2 rings (SSSR count). The average Bonchev–Trinajstić information content (AvgIpc) is 2.39. The van der Waals surface area contributed by atoms with Crippen LogP contribution in [0.25, 0.3) is 0 Å². The Bertz CT molecular complexity index is 238. The molecule has 2 fully saturated rings. The molecule has 3 atom stereocenters. The van der Waals surface area contributed by atoms with Crippen LogP contribution in [0.15, 0.2) is 0 Å². The first-order chi connectivity index (χ1) is 5.54. The molecule has 0 N–H and O–H groups in total. The number of fused-ring (bicyclic) bond motifs is 2. The molecule has 12 heavy (non-hydrogen) atoms. The molecule has 0 radical (unpaired) electrons. The zero-order valence-electron chi connectivity index (χ0n) is 7.69. The van der Waals surface area contributed by atoms with Gasteiger partial charge in [0, 0.05) is 17.2 Å². The molecule has 0 heterocycles. The van der Waals surface area contributed by atoms with Crippen molar-refractivity contribution in [2.45, 2.75) is 33.1 Å². The van der Waals surface area contributed by atoms with Crippen LogP contribution in [-0.2, 0) is 4.79 Å². The van der Waals surface area contributed by atoms with Gasteiger partial charge < -0.3 is 0 Å². The van der Waals surface area contributed by atoms with Gasteiger partial charge in [-0.25, -0.2) is 0 Å². The van der Waals surface area contributed by atoms with Crippen molar-refractivity contribution in [3.63, 3.8) is 0 Å². The summed E-state index contributed by atoms with van der Waals surface area (Å²) >= 11 is 3.56. The van der Waals surface area contributed by atoms with E-state index in [0.717, 1.165) is 18.2 Å². The van der Waals surface area contributed by atoms with Crippen molar-refractivity contribution in [2.24, 2.45) is 16.7 Å². The van der Waals surface area contributed by atoms with E-state index < -0.39 is 0 Å². The fourth-order valence-electron chi connectivity index (χ4n) is 3.01. The minimum absolute atomic E-state index is 0.0127. The highest BCUT2D eigenvalue weighted by molar-refractivity contribution is 9.09. The van der Waals surface area contributed by atoms with Crippen LogP contribution < -0.4 is 0 Å². The lowest BCUT2D eigenvalue weighted by atomic mass is 9.70. The van der Waals surface area contributed by atoms with E-state index in [1.54, 1.807) is 0 Å². The van der Waals surface area contributed by atoms with Crippen molar-refractivity contribution in [3.8, 4) is 0 Å². The van der Waals surface area contributed by atoms with Crippen LogP contribution in [0.3, 0.4) is 0 Å². The Morgan fingerprint density at radius 1 is 1.58 bits per heavy atom. The standard InChI is InChI=1S/C10H15BrO/c1-9-4-3-7(5-8(9)12)10(9,2)6-11/h7H,3-6H2,1-2H3/t7-,9-,10-/m1/s1. The second kappa shape index (κ2) is 2.34. The van der Waals surface area contributed by atoms with Crippen molar-refractivity contribution < 1.29 is 4.79 Å². The summed E-state index contributed by atoms with van der Waals surface area (Å²) in [6.45, 7) is 4.42. The Kier molecular flexibility index (Phi) is 1.70. The van der Waals surface area contributed by atoms with Crippen molar-refractivity contribution in [3.05, 3.63) is 0 Å². The number of halogens is 1. The molecule has 1 nitrogen and oxygen atoms in total. The highest BCUT2D eigenvalue weighted by Gasteiger charge is 2.63. The van der Waals surface area contributed by atoms with Crippen LogP contribution in [0.4, 0.5) is 0 Å². The van der Waals surface area contributed by atoms with Crippen molar-refractivity contribution >= 4 is 21.7 Å². The van der Waals surface area contributed by atoms with Crippen molar-refractivity contribution in [2.75, 3.05) is 5.33 Å². The maximum Gasteiger partial charge on any atom is 0.139 e. The number of hydrogen-bond acceptors (Lipinski definition) is 1. The van der Waals surface area contributed by atoms with Crippen molar-refractivity contribution in [1.82, 2.24) is 0 Å². The lowest BCUT2D eigenvalue weighted by molar-refractivity contribution is -0.128. The molecule has 0 amide bonds. The van der Waals surface area contributed by atoms with Crippen LogP contribution >= 0.6 is 15.9 Å². The summed E-state index contributed by atoms with van der Waals surface area (Å²) in [5.41, 5.74) is 0.227. The first kappa shape index (κ1) is 8.74. The number of carbonyl (C=O) groups is 1. The average molecular weight is 231 g/mol. The predicted molar refractivity (Wildman–Crippen MR) is 52.4 cm³/mol. The Balaban J connectivity index is 2.44. The molecule has 0 aromatic heterocycles. The highest BCUT2D eigenvalue weighted by atomic mass is 79.9. The molecule has 2 heteroatoms. The van der Waals surface area contributed by atoms with Gasteiger partial charge in [-0.05, 0) is 24.2 Å².